The van der Waals surface area contributed by atoms with Crippen LogP contribution in [-0.2, 0) is 11.2 Å². The van der Waals surface area contributed by atoms with E-state index >= 15 is 0 Å². The molecular weight excluding hydrogens is 227 g/mol. The van der Waals surface area contributed by atoms with Crippen LogP contribution in [0, 0.1) is 5.82 Å². The average Bonchev–Trinajstić information content (AvgIpc) is 2.56. The minimum Gasteiger partial charge on any atom is -0.481 e. The number of halogens is 1. The van der Waals surface area contributed by atoms with Gasteiger partial charge in [0.25, 0.3) is 0 Å². The molecule has 88 valence electrons. The second kappa shape index (κ2) is 4.01. The van der Waals surface area contributed by atoms with E-state index in [0.717, 1.165) is 0 Å². The number of carbonyl (C=O) groups excluding carboxylic acids is 1. The SMILES string of the molecule is CC(=O)c1oc2ccc(F)cc2c1CC(=O)O. The van der Waals surface area contributed by atoms with E-state index in [1.54, 1.807) is 0 Å². The first kappa shape index (κ1) is 11.3. The molecule has 0 saturated carbocycles. The van der Waals surface area contributed by atoms with Crippen LogP contribution in [0.15, 0.2) is 22.6 Å². The second-order valence-electron chi connectivity index (χ2n) is 3.68. The monoisotopic (exact) mass is 236 g/mol. The predicted molar refractivity (Wildman–Crippen MR) is 57.5 cm³/mol. The topological polar surface area (TPSA) is 67.5 Å². The van der Waals surface area contributed by atoms with Crippen LogP contribution in [0.5, 0.6) is 0 Å². The minimum atomic E-state index is -1.10. The van der Waals surface area contributed by atoms with E-state index in [2.05, 4.69) is 0 Å². The summed E-state index contributed by atoms with van der Waals surface area (Å²) < 4.78 is 18.3. The molecule has 5 heteroatoms. The number of carboxylic acids is 1. The lowest BCUT2D eigenvalue weighted by molar-refractivity contribution is -0.136. The number of Topliss-reactive ketones (excluding diaryl/α,β-unsaturated/α-hetero) is 1. The lowest BCUT2D eigenvalue weighted by Gasteiger charge is -1.96. The van der Waals surface area contributed by atoms with Crippen molar-refractivity contribution in [1.82, 2.24) is 0 Å². The van der Waals surface area contributed by atoms with Crippen molar-refractivity contribution in [3.05, 3.63) is 35.3 Å². The van der Waals surface area contributed by atoms with Gasteiger partial charge >= 0.3 is 5.97 Å². The molecule has 0 atom stereocenters. The van der Waals surface area contributed by atoms with Crippen molar-refractivity contribution in [1.29, 1.82) is 0 Å². The summed E-state index contributed by atoms with van der Waals surface area (Å²) in [5, 5.41) is 9.10. The molecular formula is C12H9FO4. The molecule has 4 nitrogen and oxygen atoms in total. The lowest BCUT2D eigenvalue weighted by atomic mass is 10.1. The molecule has 1 aromatic heterocycles. The van der Waals surface area contributed by atoms with Gasteiger partial charge in [-0.15, -0.1) is 0 Å². The molecule has 0 saturated heterocycles. The number of hydrogen-bond donors (Lipinski definition) is 1. The predicted octanol–water partition coefficient (Wildman–Crippen LogP) is 2.40. The molecule has 0 radical (unpaired) electrons. The maximum Gasteiger partial charge on any atom is 0.307 e. The normalized spacial score (nSPS) is 10.7. The Balaban J connectivity index is 2.72. The van der Waals surface area contributed by atoms with E-state index in [0.29, 0.717) is 11.0 Å². The fraction of sp³-hybridized carbons (Fsp3) is 0.167. The van der Waals surface area contributed by atoms with Crippen molar-refractivity contribution < 1.29 is 23.5 Å². The molecule has 0 bridgehead atoms. The molecule has 0 aliphatic carbocycles. The third-order valence-electron chi connectivity index (χ3n) is 2.40. The first-order chi connectivity index (χ1) is 7.99. The van der Waals surface area contributed by atoms with Crippen LogP contribution < -0.4 is 0 Å². The second-order valence-corrected chi connectivity index (χ2v) is 3.68. The Morgan fingerprint density at radius 1 is 1.41 bits per heavy atom. The van der Waals surface area contributed by atoms with Gasteiger partial charge in [-0.05, 0) is 18.2 Å². The summed E-state index contributed by atoms with van der Waals surface area (Å²) in [6, 6.07) is 3.74. The van der Waals surface area contributed by atoms with Crippen LogP contribution in [0.4, 0.5) is 4.39 Å². The number of furan rings is 1. The van der Waals surface area contributed by atoms with E-state index in [1.165, 1.54) is 25.1 Å². The third kappa shape index (κ3) is 2.04. The van der Waals surface area contributed by atoms with Crippen molar-refractivity contribution in [3.63, 3.8) is 0 Å². The zero-order valence-corrected chi connectivity index (χ0v) is 8.99. The summed E-state index contributed by atoms with van der Waals surface area (Å²) in [7, 11) is 0. The largest absolute Gasteiger partial charge is 0.481 e. The standard InChI is InChI=1S/C12H9FO4/c1-6(14)12-9(5-11(15)16)8-4-7(13)2-3-10(8)17-12/h2-4H,5H2,1H3,(H,15,16). The number of fused-ring (bicyclic) bond motifs is 1. The molecule has 1 N–H and O–H groups in total. The number of carbonyl (C=O) groups is 2. The minimum absolute atomic E-state index is 0.0204. The first-order valence-corrected chi connectivity index (χ1v) is 4.92. The highest BCUT2D eigenvalue weighted by Gasteiger charge is 2.20. The number of aliphatic carboxylic acids is 1. The average molecular weight is 236 g/mol. The zero-order valence-electron chi connectivity index (χ0n) is 8.99. The molecule has 0 fully saturated rings. The van der Waals surface area contributed by atoms with Crippen LogP contribution >= 0.6 is 0 Å². The van der Waals surface area contributed by atoms with Crippen LogP contribution in [0.3, 0.4) is 0 Å². The van der Waals surface area contributed by atoms with Crippen molar-refractivity contribution in [3.8, 4) is 0 Å². The quantitative estimate of drug-likeness (QED) is 0.831. The van der Waals surface area contributed by atoms with Gasteiger partial charge in [-0.1, -0.05) is 0 Å². The van der Waals surface area contributed by atoms with Crippen LogP contribution in [0.2, 0.25) is 0 Å². The van der Waals surface area contributed by atoms with Gasteiger partial charge in [-0.25, -0.2) is 4.39 Å². The van der Waals surface area contributed by atoms with Gasteiger partial charge in [0.1, 0.15) is 11.4 Å². The Hall–Kier alpha value is -2.17. The van der Waals surface area contributed by atoms with Crippen LogP contribution in [0.25, 0.3) is 11.0 Å². The van der Waals surface area contributed by atoms with E-state index in [9.17, 15) is 14.0 Å². The van der Waals surface area contributed by atoms with Crippen molar-refractivity contribution in [2.45, 2.75) is 13.3 Å². The molecule has 17 heavy (non-hydrogen) atoms. The Kier molecular flexibility index (Phi) is 2.67. The van der Waals surface area contributed by atoms with Gasteiger partial charge < -0.3 is 9.52 Å². The molecule has 2 rings (SSSR count). The van der Waals surface area contributed by atoms with E-state index in [1.807, 2.05) is 0 Å². The van der Waals surface area contributed by atoms with Gasteiger partial charge in [-0.3, -0.25) is 9.59 Å². The van der Waals surface area contributed by atoms with Gasteiger partial charge in [0.15, 0.2) is 11.5 Å². The van der Waals surface area contributed by atoms with Gasteiger partial charge in [-0.2, -0.15) is 0 Å². The number of hydrogen-bond acceptors (Lipinski definition) is 3. The number of rotatable bonds is 3. The van der Waals surface area contributed by atoms with E-state index < -0.39 is 11.8 Å². The summed E-state index contributed by atoms with van der Waals surface area (Å²) in [6.07, 6.45) is -0.370. The zero-order chi connectivity index (χ0) is 12.6. The van der Waals surface area contributed by atoms with Crippen molar-refractivity contribution >= 4 is 22.7 Å². The maximum atomic E-state index is 13.1. The molecule has 1 heterocycles. The van der Waals surface area contributed by atoms with Gasteiger partial charge in [0.2, 0.25) is 0 Å². The molecule has 0 unspecified atom stereocenters. The summed E-state index contributed by atoms with van der Waals surface area (Å²) >= 11 is 0. The maximum absolute atomic E-state index is 13.1. The summed E-state index contributed by atoms with van der Waals surface area (Å²) in [5.74, 6) is -2.00. The Labute approximate surface area is 95.6 Å². The first-order valence-electron chi connectivity index (χ1n) is 4.92. The van der Waals surface area contributed by atoms with Gasteiger partial charge in [0.05, 0.1) is 6.42 Å². The lowest BCUT2D eigenvalue weighted by Crippen LogP contribution is -2.04. The molecule has 0 amide bonds. The molecule has 0 aliphatic heterocycles. The van der Waals surface area contributed by atoms with Crippen LogP contribution in [-0.4, -0.2) is 16.9 Å². The molecule has 0 spiro atoms. The Morgan fingerprint density at radius 3 is 2.71 bits per heavy atom. The third-order valence-corrected chi connectivity index (χ3v) is 2.40. The number of benzene rings is 1. The summed E-state index contributed by atoms with van der Waals surface area (Å²) in [5.41, 5.74) is 0.535. The molecule has 0 aliphatic rings. The molecule has 1 aromatic carbocycles. The number of ketones is 1. The van der Waals surface area contributed by atoms with E-state index in [-0.39, 0.29) is 23.5 Å². The summed E-state index contributed by atoms with van der Waals surface area (Å²) in [4.78, 5) is 22.0. The highest BCUT2D eigenvalue weighted by Crippen LogP contribution is 2.27. The van der Waals surface area contributed by atoms with Crippen LogP contribution in [0.1, 0.15) is 23.0 Å². The van der Waals surface area contributed by atoms with Gasteiger partial charge in [0, 0.05) is 17.9 Å². The Bertz CT molecular complexity index is 612. The van der Waals surface area contributed by atoms with Crippen molar-refractivity contribution in [2.75, 3.05) is 0 Å². The fourth-order valence-electron chi connectivity index (χ4n) is 1.73. The molecule has 2 aromatic rings. The summed E-state index contributed by atoms with van der Waals surface area (Å²) in [6.45, 7) is 1.28. The van der Waals surface area contributed by atoms with E-state index in [4.69, 9.17) is 9.52 Å². The van der Waals surface area contributed by atoms with Crippen molar-refractivity contribution in [2.24, 2.45) is 0 Å². The number of carboxylic acid groups (broad SMARTS) is 1. The highest BCUT2D eigenvalue weighted by atomic mass is 19.1. The highest BCUT2D eigenvalue weighted by molar-refractivity contribution is 6.00. The smallest absolute Gasteiger partial charge is 0.307 e. The Morgan fingerprint density at radius 2 is 2.12 bits per heavy atom. The fourth-order valence-corrected chi connectivity index (χ4v) is 1.73.